The Balaban J connectivity index is 1.29. The van der Waals surface area contributed by atoms with Gasteiger partial charge in [0.25, 0.3) is 0 Å². The Morgan fingerprint density at radius 3 is 1.69 bits per heavy atom. The Labute approximate surface area is 214 Å². The fourth-order valence-electron chi connectivity index (χ4n) is 7.96. The number of esters is 1. The van der Waals surface area contributed by atoms with Gasteiger partial charge in [0.15, 0.2) is 0 Å². The van der Waals surface area contributed by atoms with Crippen LogP contribution in [0.5, 0.6) is 5.75 Å². The number of quaternary nitrogens is 1. The van der Waals surface area contributed by atoms with Gasteiger partial charge in [-0.3, -0.25) is 9.44 Å². The normalized spacial score (nSPS) is 26.7. The molecule has 4 aliphatic carbocycles. The SMILES string of the molecule is Cc1cc([N+]([O-])(c2ccccc2)c2ccccc2)cc(C)c1OC(=O)CC12CC3CC(CC(C3)C1)C2. The zero-order chi connectivity index (χ0) is 24.9. The van der Waals surface area contributed by atoms with Crippen molar-refractivity contribution in [3.8, 4) is 5.75 Å². The molecule has 4 saturated carbocycles. The van der Waals surface area contributed by atoms with Gasteiger partial charge in [-0.15, -0.1) is 0 Å². The first-order chi connectivity index (χ1) is 17.3. The number of carbonyl (C=O) groups excluding carboxylic acids is 1. The average molecular weight is 482 g/mol. The van der Waals surface area contributed by atoms with Crippen molar-refractivity contribution in [1.82, 2.24) is 4.65 Å². The summed E-state index contributed by atoms with van der Waals surface area (Å²) >= 11 is 0. The van der Waals surface area contributed by atoms with Crippen LogP contribution >= 0.6 is 0 Å². The van der Waals surface area contributed by atoms with E-state index in [1.54, 1.807) is 0 Å². The van der Waals surface area contributed by atoms with Gasteiger partial charge in [-0.1, -0.05) is 36.4 Å². The lowest BCUT2D eigenvalue weighted by Crippen LogP contribution is -2.47. The summed E-state index contributed by atoms with van der Waals surface area (Å²) in [5.41, 5.74) is 3.64. The predicted octanol–water partition coefficient (Wildman–Crippen LogP) is 8.28. The quantitative estimate of drug-likeness (QED) is 0.154. The highest BCUT2D eigenvalue weighted by Crippen LogP contribution is 2.61. The van der Waals surface area contributed by atoms with Gasteiger partial charge in [0.1, 0.15) is 22.8 Å². The van der Waals surface area contributed by atoms with Crippen LogP contribution in [0.4, 0.5) is 17.1 Å². The van der Waals surface area contributed by atoms with Crippen molar-refractivity contribution in [2.24, 2.45) is 23.2 Å². The molecule has 4 fully saturated rings. The van der Waals surface area contributed by atoms with Gasteiger partial charge in [-0.2, -0.15) is 0 Å². The third kappa shape index (κ3) is 4.07. The molecule has 0 saturated heterocycles. The van der Waals surface area contributed by atoms with Gasteiger partial charge in [0, 0.05) is 36.4 Å². The molecule has 4 aliphatic rings. The Bertz CT molecular complexity index is 1170. The maximum atomic E-state index is 14.6. The standard InChI is InChI=1S/C32H35NO3/c1-22-13-29(33(35,27-9-5-3-6-10-27)28-11-7-4-8-12-28)14-23(2)31(22)36-30(34)21-32-18-24-15-25(19-32)17-26(16-24)20-32/h3-14,24-26H,15-21H2,1-2H3. The average Bonchev–Trinajstić information content (AvgIpc) is 2.85. The molecule has 0 aliphatic heterocycles. The molecule has 0 unspecified atom stereocenters. The van der Waals surface area contributed by atoms with Crippen molar-refractivity contribution >= 4 is 23.0 Å². The van der Waals surface area contributed by atoms with Crippen molar-refractivity contribution in [3.63, 3.8) is 0 Å². The number of rotatable bonds is 6. The summed E-state index contributed by atoms with van der Waals surface area (Å²) in [5, 5.41) is 14.6. The predicted molar refractivity (Wildman–Crippen MR) is 144 cm³/mol. The molecule has 186 valence electrons. The largest absolute Gasteiger partial charge is 0.616 e. The van der Waals surface area contributed by atoms with E-state index >= 15 is 0 Å². The molecule has 0 atom stereocenters. The first-order valence-corrected chi connectivity index (χ1v) is 13.4. The zero-order valence-electron chi connectivity index (χ0n) is 21.3. The summed E-state index contributed by atoms with van der Waals surface area (Å²) in [7, 11) is 0. The molecule has 0 spiro atoms. The van der Waals surface area contributed by atoms with Crippen molar-refractivity contribution in [1.29, 1.82) is 0 Å². The van der Waals surface area contributed by atoms with Gasteiger partial charge in [0.05, 0.1) is 6.42 Å². The number of hydrogen-bond donors (Lipinski definition) is 0. The van der Waals surface area contributed by atoms with Crippen molar-refractivity contribution in [2.75, 3.05) is 0 Å². The van der Waals surface area contributed by atoms with E-state index in [0.717, 1.165) is 28.9 Å². The Morgan fingerprint density at radius 1 is 0.806 bits per heavy atom. The molecule has 3 aromatic rings. The number of hydrogen-bond acceptors (Lipinski definition) is 3. The lowest BCUT2D eigenvalue weighted by atomic mass is 9.49. The highest BCUT2D eigenvalue weighted by molar-refractivity contribution is 5.77. The summed E-state index contributed by atoms with van der Waals surface area (Å²) < 4.78 is 5.34. The molecule has 4 bridgehead atoms. The van der Waals surface area contributed by atoms with Crippen molar-refractivity contribution < 1.29 is 9.53 Å². The van der Waals surface area contributed by atoms with Gasteiger partial charge in [-0.25, -0.2) is 0 Å². The Kier molecular flexibility index (Phi) is 5.77. The van der Waals surface area contributed by atoms with E-state index in [0.29, 0.717) is 29.2 Å². The van der Waals surface area contributed by atoms with Gasteiger partial charge in [-0.05, 0) is 86.7 Å². The fourth-order valence-corrected chi connectivity index (χ4v) is 7.96. The van der Waals surface area contributed by atoms with Crippen LogP contribution in [0.2, 0.25) is 0 Å². The molecule has 0 radical (unpaired) electrons. The number of benzene rings is 3. The van der Waals surface area contributed by atoms with E-state index in [1.165, 1.54) is 38.5 Å². The summed E-state index contributed by atoms with van der Waals surface area (Å²) in [4.78, 5) is 13.2. The van der Waals surface area contributed by atoms with Crippen LogP contribution in [0.1, 0.15) is 56.1 Å². The fraction of sp³-hybridized carbons (Fsp3) is 0.406. The maximum absolute atomic E-state index is 14.6. The number of carbonyl (C=O) groups is 1. The van der Waals surface area contributed by atoms with E-state index in [4.69, 9.17) is 4.74 Å². The van der Waals surface area contributed by atoms with E-state index in [-0.39, 0.29) is 11.4 Å². The van der Waals surface area contributed by atoms with Crippen LogP contribution in [0.15, 0.2) is 72.8 Å². The molecule has 7 rings (SSSR count). The van der Waals surface area contributed by atoms with Gasteiger partial charge < -0.3 is 9.94 Å². The molecular weight excluding hydrogens is 446 g/mol. The minimum absolute atomic E-state index is 0.120. The third-order valence-electron chi connectivity index (χ3n) is 8.95. The first kappa shape index (κ1) is 23.4. The summed E-state index contributed by atoms with van der Waals surface area (Å²) in [5.74, 6) is 2.91. The van der Waals surface area contributed by atoms with Gasteiger partial charge >= 0.3 is 5.97 Å². The van der Waals surface area contributed by atoms with Crippen LogP contribution < -0.4 is 9.38 Å². The summed E-state index contributed by atoms with van der Waals surface area (Å²) in [6.07, 6.45) is 8.19. The van der Waals surface area contributed by atoms with Crippen LogP contribution in [-0.2, 0) is 4.79 Å². The first-order valence-electron chi connectivity index (χ1n) is 13.4. The molecule has 3 aromatic carbocycles. The molecule has 36 heavy (non-hydrogen) atoms. The van der Waals surface area contributed by atoms with Gasteiger partial charge in [0.2, 0.25) is 0 Å². The van der Waals surface area contributed by atoms with Crippen LogP contribution in [0, 0.1) is 42.2 Å². The molecule has 4 nitrogen and oxygen atoms in total. The van der Waals surface area contributed by atoms with E-state index in [2.05, 4.69) is 0 Å². The number of para-hydroxylation sites is 2. The maximum Gasteiger partial charge on any atom is 0.311 e. The lowest BCUT2D eigenvalue weighted by molar-refractivity contribution is -0.142. The monoisotopic (exact) mass is 481 g/mol. The van der Waals surface area contributed by atoms with E-state index in [9.17, 15) is 10.0 Å². The number of nitrogens with zero attached hydrogens (tertiary/aromatic N) is 1. The smallest absolute Gasteiger partial charge is 0.311 e. The molecule has 0 aromatic heterocycles. The highest BCUT2D eigenvalue weighted by atomic mass is 16.5. The highest BCUT2D eigenvalue weighted by Gasteiger charge is 2.51. The topological polar surface area (TPSA) is 49.4 Å². The van der Waals surface area contributed by atoms with E-state index in [1.807, 2.05) is 86.6 Å². The molecule has 0 amide bonds. The number of ether oxygens (including phenoxy) is 1. The van der Waals surface area contributed by atoms with Crippen molar-refractivity contribution in [2.45, 2.75) is 58.8 Å². The van der Waals surface area contributed by atoms with Crippen LogP contribution in [-0.4, -0.2) is 5.97 Å². The lowest BCUT2D eigenvalue weighted by Gasteiger charge is -2.56. The molecule has 0 N–H and O–H groups in total. The van der Waals surface area contributed by atoms with Crippen LogP contribution in [0.3, 0.4) is 0 Å². The zero-order valence-corrected chi connectivity index (χ0v) is 21.3. The second-order valence-corrected chi connectivity index (χ2v) is 11.8. The minimum Gasteiger partial charge on any atom is -0.616 e. The minimum atomic E-state index is -0.704. The molecule has 4 heteroatoms. The second-order valence-electron chi connectivity index (χ2n) is 11.8. The second kappa shape index (κ2) is 8.86. The van der Waals surface area contributed by atoms with Crippen LogP contribution in [0.25, 0.3) is 0 Å². The number of aryl methyl sites for hydroxylation is 2. The Morgan fingerprint density at radius 2 is 1.25 bits per heavy atom. The third-order valence-corrected chi connectivity index (χ3v) is 8.95. The van der Waals surface area contributed by atoms with E-state index < -0.39 is 4.65 Å². The van der Waals surface area contributed by atoms with Crippen molar-refractivity contribution in [3.05, 3.63) is 89.1 Å². The Hall–Kier alpha value is -2.95. The molecule has 0 heterocycles. The summed E-state index contributed by atoms with van der Waals surface area (Å²) in [6.45, 7) is 3.87. The summed E-state index contributed by atoms with van der Waals surface area (Å²) in [6, 6.07) is 22.6. The molecular formula is C32H35NO3.